The molecular weight excluding hydrogens is 366 g/mol. The number of carbonyl (C=O) groups is 1. The topological polar surface area (TPSA) is 63.7 Å². The SMILES string of the molecule is O=C(NCc1ccc2c(c1)OCO2)c1cnc(N2CCCCC2)c2ccccc12. The monoisotopic (exact) mass is 389 g/mol. The Kier molecular flexibility index (Phi) is 4.68. The molecule has 0 radical (unpaired) electrons. The number of nitrogens with one attached hydrogen (secondary N) is 1. The van der Waals surface area contributed by atoms with Gasteiger partial charge in [0.15, 0.2) is 11.5 Å². The first-order chi connectivity index (χ1) is 14.3. The van der Waals surface area contributed by atoms with Gasteiger partial charge in [0.2, 0.25) is 6.79 Å². The summed E-state index contributed by atoms with van der Waals surface area (Å²) in [5.74, 6) is 2.31. The number of carbonyl (C=O) groups excluding carboxylic acids is 1. The summed E-state index contributed by atoms with van der Waals surface area (Å²) in [6.45, 7) is 2.70. The molecule has 5 rings (SSSR count). The average molecular weight is 389 g/mol. The molecule has 0 aliphatic carbocycles. The lowest BCUT2D eigenvalue weighted by Crippen LogP contribution is -2.30. The van der Waals surface area contributed by atoms with E-state index in [2.05, 4.69) is 21.3 Å². The van der Waals surface area contributed by atoms with Crippen LogP contribution < -0.4 is 19.7 Å². The molecule has 2 aliphatic rings. The lowest BCUT2D eigenvalue weighted by Gasteiger charge is -2.29. The van der Waals surface area contributed by atoms with E-state index in [-0.39, 0.29) is 12.7 Å². The second-order valence-corrected chi connectivity index (χ2v) is 7.46. The second kappa shape index (κ2) is 7.62. The van der Waals surface area contributed by atoms with Gasteiger partial charge in [0.25, 0.3) is 5.91 Å². The molecule has 3 heterocycles. The molecule has 148 valence electrons. The highest BCUT2D eigenvalue weighted by Crippen LogP contribution is 2.32. The number of nitrogens with zero attached hydrogens (tertiary/aromatic N) is 2. The van der Waals surface area contributed by atoms with Gasteiger partial charge in [0, 0.05) is 31.2 Å². The summed E-state index contributed by atoms with van der Waals surface area (Å²) < 4.78 is 10.7. The van der Waals surface area contributed by atoms with Crippen LogP contribution in [0.3, 0.4) is 0 Å². The van der Waals surface area contributed by atoms with Gasteiger partial charge in [-0.25, -0.2) is 4.98 Å². The molecule has 29 heavy (non-hydrogen) atoms. The van der Waals surface area contributed by atoms with E-state index in [1.165, 1.54) is 19.3 Å². The summed E-state index contributed by atoms with van der Waals surface area (Å²) in [7, 11) is 0. The Hall–Kier alpha value is -3.28. The first-order valence-electron chi connectivity index (χ1n) is 10.1. The van der Waals surface area contributed by atoms with Gasteiger partial charge in [-0.15, -0.1) is 0 Å². The zero-order chi connectivity index (χ0) is 19.6. The fourth-order valence-corrected chi connectivity index (χ4v) is 4.04. The normalized spacial score (nSPS) is 15.5. The molecular formula is C23H23N3O3. The van der Waals surface area contributed by atoms with Crippen molar-refractivity contribution in [1.82, 2.24) is 10.3 Å². The quantitative estimate of drug-likeness (QED) is 0.734. The molecule has 0 unspecified atom stereocenters. The van der Waals surface area contributed by atoms with Crippen LogP contribution in [0.5, 0.6) is 11.5 Å². The van der Waals surface area contributed by atoms with Gasteiger partial charge < -0.3 is 19.7 Å². The van der Waals surface area contributed by atoms with Crippen molar-refractivity contribution >= 4 is 22.5 Å². The van der Waals surface area contributed by atoms with Crippen molar-refractivity contribution in [3.63, 3.8) is 0 Å². The maximum Gasteiger partial charge on any atom is 0.253 e. The van der Waals surface area contributed by atoms with Crippen LogP contribution in [0.25, 0.3) is 10.8 Å². The number of piperidine rings is 1. The molecule has 0 spiro atoms. The number of amides is 1. The number of hydrogen-bond acceptors (Lipinski definition) is 5. The average Bonchev–Trinajstić information content (AvgIpc) is 3.25. The smallest absolute Gasteiger partial charge is 0.253 e. The minimum atomic E-state index is -0.128. The number of fused-ring (bicyclic) bond motifs is 2. The summed E-state index contributed by atoms with van der Waals surface area (Å²) in [5, 5.41) is 4.98. The highest BCUT2D eigenvalue weighted by Gasteiger charge is 2.19. The van der Waals surface area contributed by atoms with Crippen LogP contribution in [-0.2, 0) is 6.54 Å². The molecule has 6 heteroatoms. The third-order valence-corrected chi connectivity index (χ3v) is 5.56. The standard InChI is InChI=1S/C23H23N3O3/c27-23(25-13-16-8-9-20-21(12-16)29-15-28-20)19-14-24-22(26-10-4-1-5-11-26)18-7-3-2-6-17(18)19/h2-3,6-9,12,14H,1,4-5,10-11,13,15H2,(H,25,27). The molecule has 0 bridgehead atoms. The summed E-state index contributed by atoms with van der Waals surface area (Å²) >= 11 is 0. The minimum absolute atomic E-state index is 0.128. The van der Waals surface area contributed by atoms with Crippen molar-refractivity contribution in [2.24, 2.45) is 0 Å². The molecule has 1 N–H and O–H groups in total. The van der Waals surface area contributed by atoms with Crippen molar-refractivity contribution in [2.45, 2.75) is 25.8 Å². The first kappa shape index (κ1) is 17.8. The Morgan fingerprint density at radius 3 is 2.66 bits per heavy atom. The number of anilines is 1. The van der Waals surface area contributed by atoms with Crippen LogP contribution in [0.1, 0.15) is 35.2 Å². The van der Waals surface area contributed by atoms with Crippen molar-refractivity contribution < 1.29 is 14.3 Å². The molecule has 3 aromatic rings. The number of ether oxygens (including phenoxy) is 2. The summed E-state index contributed by atoms with van der Waals surface area (Å²) in [4.78, 5) is 19.9. The third-order valence-electron chi connectivity index (χ3n) is 5.56. The minimum Gasteiger partial charge on any atom is -0.454 e. The van der Waals surface area contributed by atoms with Gasteiger partial charge >= 0.3 is 0 Å². The second-order valence-electron chi connectivity index (χ2n) is 7.46. The molecule has 2 aromatic carbocycles. The number of rotatable bonds is 4. The van der Waals surface area contributed by atoms with E-state index in [0.717, 1.165) is 46.7 Å². The number of benzene rings is 2. The molecule has 1 amide bonds. The Bertz CT molecular complexity index is 1060. The van der Waals surface area contributed by atoms with E-state index in [9.17, 15) is 4.79 Å². The molecule has 1 aromatic heterocycles. The Morgan fingerprint density at radius 2 is 1.79 bits per heavy atom. The Morgan fingerprint density at radius 1 is 1.00 bits per heavy atom. The van der Waals surface area contributed by atoms with E-state index in [1.54, 1.807) is 6.20 Å². The predicted molar refractivity (Wildman–Crippen MR) is 112 cm³/mol. The highest BCUT2D eigenvalue weighted by atomic mass is 16.7. The lowest BCUT2D eigenvalue weighted by molar-refractivity contribution is 0.0952. The fraction of sp³-hybridized carbons (Fsp3) is 0.304. The van der Waals surface area contributed by atoms with Gasteiger partial charge in [-0.3, -0.25) is 4.79 Å². The largest absolute Gasteiger partial charge is 0.454 e. The summed E-state index contributed by atoms with van der Waals surface area (Å²) in [6, 6.07) is 13.7. The third kappa shape index (κ3) is 3.46. The summed E-state index contributed by atoms with van der Waals surface area (Å²) in [5.41, 5.74) is 1.56. The maximum atomic E-state index is 12.9. The van der Waals surface area contributed by atoms with Crippen LogP contribution in [0.2, 0.25) is 0 Å². The Balaban J connectivity index is 1.39. The van der Waals surface area contributed by atoms with Crippen molar-refractivity contribution in [3.05, 3.63) is 59.8 Å². The zero-order valence-electron chi connectivity index (χ0n) is 16.2. The van der Waals surface area contributed by atoms with E-state index in [0.29, 0.717) is 12.1 Å². The van der Waals surface area contributed by atoms with Gasteiger partial charge in [-0.05, 0) is 42.3 Å². The van der Waals surface area contributed by atoms with Crippen LogP contribution >= 0.6 is 0 Å². The van der Waals surface area contributed by atoms with Gasteiger partial charge in [-0.2, -0.15) is 0 Å². The van der Waals surface area contributed by atoms with Crippen molar-refractivity contribution in [3.8, 4) is 11.5 Å². The van der Waals surface area contributed by atoms with Crippen LogP contribution in [0.4, 0.5) is 5.82 Å². The lowest BCUT2D eigenvalue weighted by atomic mass is 10.0. The summed E-state index contributed by atoms with van der Waals surface area (Å²) in [6.07, 6.45) is 5.36. The van der Waals surface area contributed by atoms with E-state index in [4.69, 9.17) is 9.47 Å². The van der Waals surface area contributed by atoms with Crippen LogP contribution in [0, 0.1) is 0 Å². The van der Waals surface area contributed by atoms with Crippen LogP contribution in [0.15, 0.2) is 48.7 Å². The Labute approximate surface area is 169 Å². The van der Waals surface area contributed by atoms with Gasteiger partial charge in [0.05, 0.1) is 5.56 Å². The van der Waals surface area contributed by atoms with Crippen molar-refractivity contribution in [2.75, 3.05) is 24.8 Å². The van der Waals surface area contributed by atoms with Crippen LogP contribution in [-0.4, -0.2) is 30.8 Å². The highest BCUT2D eigenvalue weighted by molar-refractivity contribution is 6.09. The zero-order valence-corrected chi connectivity index (χ0v) is 16.2. The van der Waals surface area contributed by atoms with Gasteiger partial charge in [-0.1, -0.05) is 30.3 Å². The molecule has 6 nitrogen and oxygen atoms in total. The number of pyridine rings is 1. The molecule has 1 saturated heterocycles. The number of aromatic nitrogens is 1. The first-order valence-corrected chi connectivity index (χ1v) is 10.1. The van der Waals surface area contributed by atoms with E-state index in [1.807, 2.05) is 36.4 Å². The van der Waals surface area contributed by atoms with E-state index < -0.39 is 0 Å². The van der Waals surface area contributed by atoms with Gasteiger partial charge in [0.1, 0.15) is 5.82 Å². The molecule has 2 aliphatic heterocycles. The van der Waals surface area contributed by atoms with Crippen molar-refractivity contribution in [1.29, 1.82) is 0 Å². The maximum absolute atomic E-state index is 12.9. The predicted octanol–water partition coefficient (Wildman–Crippen LogP) is 3.88. The fourth-order valence-electron chi connectivity index (χ4n) is 4.04. The van der Waals surface area contributed by atoms with E-state index >= 15 is 0 Å². The molecule has 0 saturated carbocycles. The molecule has 0 atom stereocenters. The number of hydrogen-bond donors (Lipinski definition) is 1. The molecule has 1 fully saturated rings.